The number of rotatable bonds is 8. The van der Waals surface area contributed by atoms with E-state index in [-0.39, 0.29) is 5.92 Å². The van der Waals surface area contributed by atoms with Gasteiger partial charge in [0.15, 0.2) is 6.10 Å². The number of aliphatic hydroxyl groups is 1. The van der Waals surface area contributed by atoms with Gasteiger partial charge in [0.05, 0.1) is 0 Å². The van der Waals surface area contributed by atoms with Gasteiger partial charge in [-0.1, -0.05) is 44.2 Å². The van der Waals surface area contributed by atoms with Crippen molar-refractivity contribution in [2.75, 3.05) is 0 Å². The Morgan fingerprint density at radius 2 is 1.82 bits per heavy atom. The summed E-state index contributed by atoms with van der Waals surface area (Å²) in [7, 11) is 0. The largest absolute Gasteiger partial charge is 0.480 e. The molecule has 0 heterocycles. The van der Waals surface area contributed by atoms with Gasteiger partial charge in [0.25, 0.3) is 5.91 Å². The molecule has 1 rings (SSSR count). The van der Waals surface area contributed by atoms with Crippen molar-refractivity contribution in [1.29, 1.82) is 0 Å². The lowest BCUT2D eigenvalue weighted by molar-refractivity contribution is -0.432. The van der Waals surface area contributed by atoms with Crippen molar-refractivity contribution in [1.82, 2.24) is 5.32 Å². The zero-order valence-corrected chi connectivity index (χ0v) is 13.0. The Morgan fingerprint density at radius 1 is 1.23 bits per heavy atom. The average Bonchev–Trinajstić information content (AvgIpc) is 2.46. The van der Waals surface area contributed by atoms with Crippen molar-refractivity contribution in [3.63, 3.8) is 0 Å². The molecule has 122 valence electrons. The lowest BCUT2D eigenvalue weighted by Crippen LogP contribution is -2.70. The quantitative estimate of drug-likeness (QED) is 0.533. The van der Waals surface area contributed by atoms with Gasteiger partial charge in [0.1, 0.15) is 12.1 Å². The first-order chi connectivity index (χ1) is 10.3. The van der Waals surface area contributed by atoms with Gasteiger partial charge in [0, 0.05) is 6.42 Å². The van der Waals surface area contributed by atoms with E-state index in [4.69, 9.17) is 5.11 Å². The number of carboxylic acids is 1. The van der Waals surface area contributed by atoms with Crippen molar-refractivity contribution in [3.8, 4) is 0 Å². The Morgan fingerprint density at radius 3 is 2.32 bits per heavy atom. The molecule has 0 saturated carbocycles. The molecule has 6 heteroatoms. The smallest absolute Gasteiger partial charge is 0.326 e. The molecular formula is C16H25N2O4+. The summed E-state index contributed by atoms with van der Waals surface area (Å²) in [5.74, 6) is -1.67. The van der Waals surface area contributed by atoms with Gasteiger partial charge in [0.2, 0.25) is 0 Å². The van der Waals surface area contributed by atoms with E-state index in [9.17, 15) is 14.7 Å². The molecule has 0 bridgehead atoms. The third kappa shape index (κ3) is 5.83. The first kappa shape index (κ1) is 18.1. The van der Waals surface area contributed by atoms with Crippen molar-refractivity contribution in [2.45, 2.75) is 44.9 Å². The van der Waals surface area contributed by atoms with E-state index in [0.29, 0.717) is 12.8 Å². The molecular weight excluding hydrogens is 284 g/mol. The fraction of sp³-hybridized carbons (Fsp3) is 0.500. The second-order valence-electron chi connectivity index (χ2n) is 5.92. The summed E-state index contributed by atoms with van der Waals surface area (Å²) in [4.78, 5) is 23.1. The van der Waals surface area contributed by atoms with Crippen LogP contribution in [-0.2, 0) is 16.0 Å². The third-order valence-corrected chi connectivity index (χ3v) is 3.38. The van der Waals surface area contributed by atoms with Gasteiger partial charge in [-0.25, -0.2) is 4.79 Å². The molecule has 1 aromatic rings. The number of carboxylic acid groups (broad SMARTS) is 1. The fourth-order valence-electron chi connectivity index (χ4n) is 2.19. The second kappa shape index (κ2) is 8.51. The van der Waals surface area contributed by atoms with Crippen molar-refractivity contribution >= 4 is 11.9 Å². The highest BCUT2D eigenvalue weighted by molar-refractivity contribution is 5.86. The van der Waals surface area contributed by atoms with Gasteiger partial charge >= 0.3 is 5.97 Å². The number of nitrogens with one attached hydrogen (secondary N) is 1. The van der Waals surface area contributed by atoms with Gasteiger partial charge < -0.3 is 21.3 Å². The van der Waals surface area contributed by atoms with Crippen molar-refractivity contribution in [2.24, 2.45) is 5.92 Å². The Hall–Kier alpha value is -1.92. The summed E-state index contributed by atoms with van der Waals surface area (Å²) in [5, 5.41) is 21.5. The minimum absolute atomic E-state index is 0.124. The summed E-state index contributed by atoms with van der Waals surface area (Å²) in [6, 6.07) is 7.87. The number of carbonyl (C=O) groups is 2. The van der Waals surface area contributed by atoms with Gasteiger partial charge in [-0.15, -0.1) is 0 Å². The van der Waals surface area contributed by atoms with Crippen LogP contribution >= 0.6 is 0 Å². The number of amides is 1. The highest BCUT2D eigenvalue weighted by Gasteiger charge is 2.30. The Kier molecular flexibility index (Phi) is 7.01. The van der Waals surface area contributed by atoms with Crippen LogP contribution in [0.4, 0.5) is 0 Å². The maximum absolute atomic E-state index is 12.0. The number of hydrogen-bond donors (Lipinski definition) is 4. The van der Waals surface area contributed by atoms with E-state index in [0.717, 1.165) is 5.56 Å². The lowest BCUT2D eigenvalue weighted by atomic mass is 10.00. The molecule has 0 radical (unpaired) electrons. The molecule has 6 N–H and O–H groups in total. The third-order valence-electron chi connectivity index (χ3n) is 3.38. The average molecular weight is 309 g/mol. The fourth-order valence-corrected chi connectivity index (χ4v) is 2.19. The van der Waals surface area contributed by atoms with Crippen LogP contribution in [0.15, 0.2) is 30.3 Å². The highest BCUT2D eigenvalue weighted by Crippen LogP contribution is 2.07. The van der Waals surface area contributed by atoms with E-state index in [1.807, 2.05) is 44.2 Å². The Balaban J connectivity index is 2.61. The van der Waals surface area contributed by atoms with Crippen LogP contribution in [0.1, 0.15) is 25.8 Å². The summed E-state index contributed by atoms with van der Waals surface area (Å²) in [6.45, 7) is 3.75. The SMILES string of the molecule is CC(C)C[C@H](NC(=O)[C@@H](O)[C@H]([NH3+])Cc1ccccc1)C(=O)O. The van der Waals surface area contributed by atoms with E-state index < -0.39 is 30.1 Å². The van der Waals surface area contributed by atoms with Gasteiger partial charge in [-0.3, -0.25) is 4.79 Å². The highest BCUT2D eigenvalue weighted by atomic mass is 16.4. The van der Waals surface area contributed by atoms with Crippen LogP contribution < -0.4 is 11.1 Å². The van der Waals surface area contributed by atoms with Crippen molar-refractivity contribution in [3.05, 3.63) is 35.9 Å². The maximum Gasteiger partial charge on any atom is 0.326 e. The summed E-state index contributed by atoms with van der Waals surface area (Å²) >= 11 is 0. The number of aliphatic carboxylic acids is 1. The van der Waals surface area contributed by atoms with E-state index in [1.54, 1.807) is 0 Å². The summed E-state index contributed by atoms with van der Waals surface area (Å²) in [5.41, 5.74) is 4.77. The van der Waals surface area contributed by atoms with Gasteiger partial charge in [-0.05, 0) is 17.9 Å². The topological polar surface area (TPSA) is 114 Å². The molecule has 1 amide bonds. The molecule has 22 heavy (non-hydrogen) atoms. The number of benzene rings is 1. The minimum atomic E-state index is -1.34. The zero-order valence-electron chi connectivity index (χ0n) is 13.0. The molecule has 0 aromatic heterocycles. The number of quaternary nitrogens is 1. The summed E-state index contributed by atoms with van der Waals surface area (Å²) < 4.78 is 0. The van der Waals surface area contributed by atoms with Crippen LogP contribution in [0.3, 0.4) is 0 Å². The predicted octanol–water partition coefficient (Wildman–Crippen LogP) is -0.184. The Labute approximate surface area is 130 Å². The van der Waals surface area contributed by atoms with Crippen LogP contribution in [0.25, 0.3) is 0 Å². The molecule has 0 aliphatic carbocycles. The summed E-state index contributed by atoms with van der Waals surface area (Å²) in [6.07, 6.45) is -0.583. The second-order valence-corrected chi connectivity index (χ2v) is 5.92. The molecule has 6 nitrogen and oxygen atoms in total. The minimum Gasteiger partial charge on any atom is -0.480 e. The van der Waals surface area contributed by atoms with Crippen LogP contribution in [0.2, 0.25) is 0 Å². The van der Waals surface area contributed by atoms with E-state index in [1.165, 1.54) is 0 Å². The van der Waals surface area contributed by atoms with Crippen LogP contribution in [0, 0.1) is 5.92 Å². The zero-order chi connectivity index (χ0) is 16.7. The Bertz CT molecular complexity index is 490. The standard InChI is InChI=1S/C16H24N2O4/c1-10(2)8-13(16(21)22)18-15(20)14(19)12(17)9-11-6-4-3-5-7-11/h3-7,10,12-14,19H,8-9,17H2,1-2H3,(H,18,20)(H,21,22)/p+1/t12-,13+,14+/m1/s1. The predicted molar refractivity (Wildman–Crippen MR) is 81.9 cm³/mol. The molecule has 0 aliphatic rings. The molecule has 0 spiro atoms. The first-order valence-electron chi connectivity index (χ1n) is 7.39. The number of hydrogen-bond acceptors (Lipinski definition) is 3. The number of aliphatic hydroxyl groups excluding tert-OH is 1. The first-order valence-corrected chi connectivity index (χ1v) is 7.39. The lowest BCUT2D eigenvalue weighted by Gasteiger charge is -2.20. The van der Waals surface area contributed by atoms with Gasteiger partial charge in [-0.2, -0.15) is 0 Å². The van der Waals surface area contributed by atoms with Crippen LogP contribution in [0.5, 0.6) is 0 Å². The van der Waals surface area contributed by atoms with E-state index in [2.05, 4.69) is 11.1 Å². The van der Waals surface area contributed by atoms with Crippen LogP contribution in [-0.4, -0.2) is 40.3 Å². The molecule has 0 saturated heterocycles. The maximum atomic E-state index is 12.0. The van der Waals surface area contributed by atoms with Crippen molar-refractivity contribution < 1.29 is 25.5 Å². The monoisotopic (exact) mass is 309 g/mol. The normalized spacial score (nSPS) is 15.1. The molecule has 0 fully saturated rings. The molecule has 0 unspecified atom stereocenters. The van der Waals surface area contributed by atoms with E-state index >= 15 is 0 Å². The molecule has 3 atom stereocenters. The number of carbonyl (C=O) groups excluding carboxylic acids is 1. The molecule has 0 aliphatic heterocycles. The molecule has 1 aromatic carbocycles.